The fraction of sp³-hybridized carbons (Fsp3) is 0.0526. The molecule has 0 radical (unpaired) electrons. The van der Waals surface area contributed by atoms with Crippen LogP contribution >= 0.6 is 0 Å². The van der Waals surface area contributed by atoms with Gasteiger partial charge >= 0.3 is 0 Å². The third-order valence-corrected chi connectivity index (χ3v) is 3.81. The highest BCUT2D eigenvalue weighted by Gasteiger charge is 2.17. The molecule has 3 rings (SSSR count). The first-order chi connectivity index (χ1) is 12.0. The van der Waals surface area contributed by atoms with Gasteiger partial charge in [0, 0.05) is 11.6 Å². The summed E-state index contributed by atoms with van der Waals surface area (Å²) in [5, 5.41) is 0. The Morgan fingerprint density at radius 1 is 1.00 bits per heavy atom. The van der Waals surface area contributed by atoms with E-state index < -0.39 is 11.4 Å². The lowest BCUT2D eigenvalue weighted by Gasteiger charge is -2.13. The maximum atomic E-state index is 13.1. The number of hydrogen-bond donors (Lipinski definition) is 1. The number of hydrogen-bond acceptors (Lipinski definition) is 4. The second-order valence-electron chi connectivity index (χ2n) is 5.34. The van der Waals surface area contributed by atoms with Crippen LogP contribution in [-0.4, -0.2) is 17.5 Å². The average Bonchev–Trinajstić information content (AvgIpc) is 2.63. The summed E-state index contributed by atoms with van der Waals surface area (Å²) in [5.74, 6) is -0.127. The topological polar surface area (TPSA) is 74.3 Å². The van der Waals surface area contributed by atoms with Crippen LogP contribution in [0.1, 0.15) is 15.9 Å². The van der Waals surface area contributed by atoms with E-state index in [-0.39, 0.29) is 17.2 Å². The molecule has 1 heterocycles. The number of nitrogen functional groups attached to an aromatic ring is 1. The SMILES string of the molecule is COc1ccc(C(=O)c2ccc(=O)n(-c3ccc(F)cc3)c2N)cc1. The zero-order valence-corrected chi connectivity index (χ0v) is 13.4. The largest absolute Gasteiger partial charge is 0.497 e. The van der Waals surface area contributed by atoms with Crippen molar-refractivity contribution in [3.05, 3.63) is 88.0 Å². The van der Waals surface area contributed by atoms with E-state index in [1.165, 1.54) is 48.1 Å². The fourth-order valence-electron chi connectivity index (χ4n) is 2.50. The Balaban J connectivity index is 2.08. The van der Waals surface area contributed by atoms with Gasteiger partial charge in [-0.15, -0.1) is 0 Å². The van der Waals surface area contributed by atoms with Gasteiger partial charge in [0.05, 0.1) is 18.4 Å². The number of ether oxygens (including phenoxy) is 1. The van der Waals surface area contributed by atoms with E-state index in [0.29, 0.717) is 17.0 Å². The number of halogens is 1. The molecule has 0 unspecified atom stereocenters. The predicted molar refractivity (Wildman–Crippen MR) is 92.8 cm³/mol. The molecule has 0 spiro atoms. The lowest BCUT2D eigenvalue weighted by atomic mass is 10.0. The number of methoxy groups -OCH3 is 1. The zero-order chi connectivity index (χ0) is 18.0. The molecule has 2 aromatic carbocycles. The molecular formula is C19H15FN2O3. The summed E-state index contributed by atoms with van der Waals surface area (Å²) in [4.78, 5) is 24.9. The smallest absolute Gasteiger partial charge is 0.256 e. The first-order valence-corrected chi connectivity index (χ1v) is 7.47. The molecule has 2 N–H and O–H groups in total. The van der Waals surface area contributed by atoms with Gasteiger partial charge in [-0.3, -0.25) is 14.2 Å². The maximum Gasteiger partial charge on any atom is 0.256 e. The second-order valence-corrected chi connectivity index (χ2v) is 5.34. The monoisotopic (exact) mass is 338 g/mol. The van der Waals surface area contributed by atoms with Crippen molar-refractivity contribution in [3.63, 3.8) is 0 Å². The summed E-state index contributed by atoms with van der Waals surface area (Å²) in [6.45, 7) is 0. The lowest BCUT2D eigenvalue weighted by Crippen LogP contribution is -2.23. The van der Waals surface area contributed by atoms with Gasteiger partial charge < -0.3 is 10.5 Å². The number of ketones is 1. The predicted octanol–water partition coefficient (Wildman–Crippen LogP) is 2.80. The molecule has 0 saturated carbocycles. The van der Waals surface area contributed by atoms with E-state index in [1.54, 1.807) is 24.3 Å². The molecule has 0 saturated heterocycles. The summed E-state index contributed by atoms with van der Waals surface area (Å²) in [5.41, 5.74) is 6.65. The molecule has 0 amide bonds. The summed E-state index contributed by atoms with van der Waals surface area (Å²) in [6, 6.07) is 14.5. The fourth-order valence-corrected chi connectivity index (χ4v) is 2.50. The minimum Gasteiger partial charge on any atom is -0.497 e. The molecule has 0 fully saturated rings. The van der Waals surface area contributed by atoms with Gasteiger partial charge in [-0.1, -0.05) is 0 Å². The van der Waals surface area contributed by atoms with Gasteiger partial charge in [0.2, 0.25) is 0 Å². The molecular weight excluding hydrogens is 323 g/mol. The highest BCUT2D eigenvalue weighted by molar-refractivity contribution is 6.11. The van der Waals surface area contributed by atoms with Crippen molar-refractivity contribution in [2.75, 3.05) is 12.8 Å². The van der Waals surface area contributed by atoms with Crippen LogP contribution in [0, 0.1) is 5.82 Å². The molecule has 0 bridgehead atoms. The van der Waals surface area contributed by atoms with Crippen LogP contribution in [0.4, 0.5) is 10.2 Å². The quantitative estimate of drug-likeness (QED) is 0.742. The van der Waals surface area contributed by atoms with Crippen molar-refractivity contribution >= 4 is 11.6 Å². The van der Waals surface area contributed by atoms with Gasteiger partial charge in [0.1, 0.15) is 17.4 Å². The van der Waals surface area contributed by atoms with Gasteiger partial charge in [-0.05, 0) is 54.6 Å². The minimum absolute atomic E-state index is 0.0000683. The van der Waals surface area contributed by atoms with Crippen molar-refractivity contribution in [1.82, 2.24) is 4.57 Å². The molecule has 6 heteroatoms. The molecule has 0 aliphatic carbocycles. The van der Waals surface area contributed by atoms with Crippen molar-refractivity contribution in [2.45, 2.75) is 0 Å². The number of anilines is 1. The Kier molecular flexibility index (Phi) is 4.35. The minimum atomic E-state index is -0.430. The van der Waals surface area contributed by atoms with E-state index in [4.69, 9.17) is 10.5 Å². The van der Waals surface area contributed by atoms with Gasteiger partial charge in [-0.25, -0.2) is 4.39 Å². The molecule has 1 aromatic heterocycles. The molecule has 3 aromatic rings. The molecule has 0 aliphatic rings. The molecule has 0 aliphatic heterocycles. The maximum absolute atomic E-state index is 13.1. The Morgan fingerprint density at radius 2 is 1.64 bits per heavy atom. The van der Waals surface area contributed by atoms with Crippen molar-refractivity contribution < 1.29 is 13.9 Å². The first kappa shape index (κ1) is 16.4. The second kappa shape index (κ2) is 6.60. The van der Waals surface area contributed by atoms with Gasteiger partial charge in [0.15, 0.2) is 5.78 Å². The number of nitrogens with zero attached hydrogens (tertiary/aromatic N) is 1. The van der Waals surface area contributed by atoms with Crippen molar-refractivity contribution in [1.29, 1.82) is 0 Å². The summed E-state index contributed by atoms with van der Waals surface area (Å²) in [6.07, 6.45) is 0. The average molecular weight is 338 g/mol. The number of rotatable bonds is 4. The number of benzene rings is 2. The number of carbonyl (C=O) groups is 1. The van der Waals surface area contributed by atoms with E-state index in [9.17, 15) is 14.0 Å². The van der Waals surface area contributed by atoms with Crippen LogP contribution in [0.5, 0.6) is 5.75 Å². The van der Waals surface area contributed by atoms with Crippen molar-refractivity contribution in [2.24, 2.45) is 0 Å². The van der Waals surface area contributed by atoms with Crippen LogP contribution < -0.4 is 16.0 Å². The van der Waals surface area contributed by atoms with Crippen LogP contribution in [-0.2, 0) is 0 Å². The summed E-state index contributed by atoms with van der Waals surface area (Å²) in [7, 11) is 1.54. The van der Waals surface area contributed by atoms with Crippen LogP contribution in [0.3, 0.4) is 0 Å². The third-order valence-electron chi connectivity index (χ3n) is 3.81. The Morgan fingerprint density at radius 3 is 2.24 bits per heavy atom. The summed E-state index contributed by atoms with van der Waals surface area (Å²) < 4.78 is 19.4. The summed E-state index contributed by atoms with van der Waals surface area (Å²) >= 11 is 0. The normalized spacial score (nSPS) is 10.5. The highest BCUT2D eigenvalue weighted by atomic mass is 19.1. The van der Waals surface area contributed by atoms with Crippen molar-refractivity contribution in [3.8, 4) is 11.4 Å². The molecule has 126 valence electrons. The Hall–Kier alpha value is -3.41. The van der Waals surface area contributed by atoms with E-state index in [1.807, 2.05) is 0 Å². The lowest BCUT2D eigenvalue weighted by molar-refractivity contribution is 0.103. The standard InChI is InChI=1S/C19H15FN2O3/c1-25-15-8-2-12(3-9-15)18(24)16-10-11-17(23)22(19(16)21)14-6-4-13(20)5-7-14/h2-11H,21H2,1H3. The van der Waals surface area contributed by atoms with E-state index in [2.05, 4.69) is 0 Å². The molecule has 5 nitrogen and oxygen atoms in total. The third kappa shape index (κ3) is 3.14. The Labute approximate surface area is 143 Å². The number of nitrogens with two attached hydrogens (primary N) is 1. The van der Waals surface area contributed by atoms with Crippen LogP contribution in [0.25, 0.3) is 5.69 Å². The highest BCUT2D eigenvalue weighted by Crippen LogP contribution is 2.20. The van der Waals surface area contributed by atoms with Gasteiger partial charge in [0.25, 0.3) is 5.56 Å². The zero-order valence-electron chi connectivity index (χ0n) is 13.4. The number of aromatic nitrogens is 1. The molecule has 25 heavy (non-hydrogen) atoms. The van der Waals surface area contributed by atoms with Crippen LogP contribution in [0.2, 0.25) is 0 Å². The molecule has 0 atom stereocenters. The van der Waals surface area contributed by atoms with E-state index >= 15 is 0 Å². The number of pyridine rings is 1. The number of carbonyl (C=O) groups excluding carboxylic acids is 1. The van der Waals surface area contributed by atoms with E-state index in [0.717, 1.165) is 0 Å². The van der Waals surface area contributed by atoms with Crippen LogP contribution in [0.15, 0.2) is 65.5 Å². The van der Waals surface area contributed by atoms with Gasteiger partial charge in [-0.2, -0.15) is 0 Å². The Bertz CT molecular complexity index is 977. The first-order valence-electron chi connectivity index (χ1n) is 7.47.